The van der Waals surface area contributed by atoms with E-state index in [0.717, 1.165) is 6.92 Å². The van der Waals surface area contributed by atoms with E-state index >= 15 is 0 Å². The maximum Gasteiger partial charge on any atom is 0.364 e. The molecule has 0 unspecified atom stereocenters. The van der Waals surface area contributed by atoms with Gasteiger partial charge >= 0.3 is 5.97 Å². The Bertz CT molecular complexity index is 1350. The molecule has 242 valence electrons. The van der Waals surface area contributed by atoms with Crippen LogP contribution in [0.3, 0.4) is 0 Å². The summed E-state index contributed by atoms with van der Waals surface area (Å²) < 4.78 is 27.2. The van der Waals surface area contributed by atoms with Gasteiger partial charge in [0.1, 0.15) is 30.3 Å². The Morgan fingerprint density at radius 3 is 2.42 bits per heavy atom. The molecule has 1 aliphatic rings. The smallest absolute Gasteiger partial charge is 0.364 e. The zero-order valence-corrected chi connectivity index (χ0v) is 24.5. The molecule has 1 heterocycles. The molecule has 2 aromatic carbocycles. The second kappa shape index (κ2) is 17.2. The Labute approximate surface area is 259 Å². The monoisotopic (exact) mass is 628 g/mol. The number of carboxylic acids is 1. The molecule has 0 aliphatic carbocycles. The van der Waals surface area contributed by atoms with Crippen LogP contribution in [0, 0.1) is 12.3 Å². The number of aliphatic hydroxyl groups excluding tert-OH is 2. The van der Waals surface area contributed by atoms with Crippen molar-refractivity contribution in [1.29, 1.82) is 0 Å². The minimum absolute atomic E-state index is 0.0845. The number of ether oxygens (including phenoxy) is 5. The minimum atomic E-state index is -2.49. The number of carboxylic acid groups (broad SMARTS) is 1. The quantitative estimate of drug-likeness (QED) is 0.118. The van der Waals surface area contributed by atoms with Crippen molar-refractivity contribution in [2.45, 2.75) is 43.5 Å². The van der Waals surface area contributed by atoms with Gasteiger partial charge in [0.15, 0.2) is 5.78 Å². The second-order valence-electron chi connectivity index (χ2n) is 9.89. The van der Waals surface area contributed by atoms with Crippen LogP contribution in [0.4, 0.5) is 0 Å². The Kier molecular flexibility index (Phi) is 13.4. The lowest BCUT2D eigenvalue weighted by Gasteiger charge is -2.45. The molecule has 1 aliphatic heterocycles. The number of benzene rings is 2. The van der Waals surface area contributed by atoms with Crippen LogP contribution in [0.15, 0.2) is 54.6 Å². The van der Waals surface area contributed by atoms with Gasteiger partial charge in [0.2, 0.25) is 5.91 Å². The molecule has 5 N–H and O–H groups in total. The number of nitrogens with one attached hydrogen (secondary N) is 2. The largest absolute Gasteiger partial charge is 0.477 e. The van der Waals surface area contributed by atoms with Crippen molar-refractivity contribution in [3.05, 3.63) is 60.2 Å². The number of aliphatic hydroxyl groups is 2. The van der Waals surface area contributed by atoms with Gasteiger partial charge in [-0.3, -0.25) is 14.4 Å². The van der Waals surface area contributed by atoms with Gasteiger partial charge in [0.05, 0.1) is 45.1 Å². The predicted octanol–water partition coefficient (Wildman–Crippen LogP) is 0.257. The summed E-state index contributed by atoms with van der Waals surface area (Å²) in [5, 5.41) is 36.5. The highest BCUT2D eigenvalue weighted by molar-refractivity contribution is 5.97. The first kappa shape index (κ1) is 35.1. The summed E-state index contributed by atoms with van der Waals surface area (Å²) in [6.45, 7) is 0.494. The number of rotatable bonds is 17. The second-order valence-corrected chi connectivity index (χ2v) is 9.89. The molecule has 1 fully saturated rings. The molecule has 14 nitrogen and oxygen atoms in total. The number of carbonyl (C=O) groups is 4. The number of ketones is 1. The summed E-state index contributed by atoms with van der Waals surface area (Å²) in [7, 11) is 0. The molecule has 0 spiro atoms. The molecular weight excluding hydrogens is 592 g/mol. The number of para-hydroxylation sites is 1. The van der Waals surface area contributed by atoms with Crippen LogP contribution in [-0.4, -0.2) is 109 Å². The van der Waals surface area contributed by atoms with E-state index in [4.69, 9.17) is 30.1 Å². The fourth-order valence-electron chi connectivity index (χ4n) is 4.43. The number of hydrogen-bond acceptors (Lipinski definition) is 11. The lowest BCUT2D eigenvalue weighted by atomic mass is 9.88. The summed E-state index contributed by atoms with van der Waals surface area (Å²) >= 11 is 0. The van der Waals surface area contributed by atoms with Crippen molar-refractivity contribution in [3.8, 4) is 23.8 Å². The van der Waals surface area contributed by atoms with Crippen LogP contribution in [0.25, 0.3) is 0 Å². The Hall–Kier alpha value is -4.36. The van der Waals surface area contributed by atoms with Gasteiger partial charge in [-0.1, -0.05) is 30.2 Å². The van der Waals surface area contributed by atoms with E-state index in [1.165, 1.54) is 12.1 Å². The Morgan fingerprint density at radius 1 is 1.04 bits per heavy atom. The van der Waals surface area contributed by atoms with Crippen LogP contribution in [0.1, 0.15) is 23.7 Å². The third-order valence-electron chi connectivity index (χ3n) is 6.53. The van der Waals surface area contributed by atoms with Crippen molar-refractivity contribution < 1.29 is 58.2 Å². The average molecular weight is 629 g/mol. The van der Waals surface area contributed by atoms with Gasteiger partial charge in [0.25, 0.3) is 11.7 Å². The number of terminal acetylenes is 1. The topological polar surface area (TPSA) is 199 Å². The standard InChI is InChI=1S/C31H36N2O12/c1-3-12-41-13-14-42-15-16-43-31(30(39)40)18-24(35)26(33-20(2)34)28(45-31)27(37)25(36)19-32-29(38)21-8-7-11-23(17-21)44-22-9-5-4-6-10-22/h1,4-11,17,24,26-28,35,37H,12-16,18-19H2,2H3,(H,32,38)(H,33,34)(H,39,40)/t24-,26+,27+,28+,31+/m0/s1. The van der Waals surface area contributed by atoms with E-state index in [1.54, 1.807) is 36.4 Å². The van der Waals surface area contributed by atoms with Crippen molar-refractivity contribution in [2.24, 2.45) is 0 Å². The predicted molar refractivity (Wildman–Crippen MR) is 156 cm³/mol. The van der Waals surface area contributed by atoms with Crippen LogP contribution in [0.2, 0.25) is 0 Å². The third kappa shape index (κ3) is 10.4. The molecule has 2 aromatic rings. The van der Waals surface area contributed by atoms with Crippen LogP contribution in [0.5, 0.6) is 11.5 Å². The van der Waals surface area contributed by atoms with Crippen LogP contribution >= 0.6 is 0 Å². The molecule has 45 heavy (non-hydrogen) atoms. The number of aliphatic carboxylic acids is 1. The summed E-state index contributed by atoms with van der Waals surface area (Å²) in [5.74, 6) is -3.20. The summed E-state index contributed by atoms with van der Waals surface area (Å²) in [6, 6.07) is 13.7. The Morgan fingerprint density at radius 2 is 1.73 bits per heavy atom. The molecule has 14 heteroatoms. The molecule has 0 aromatic heterocycles. The van der Waals surface area contributed by atoms with Gasteiger partial charge in [-0.25, -0.2) is 4.79 Å². The molecule has 1 saturated heterocycles. The highest BCUT2D eigenvalue weighted by atomic mass is 16.7. The average Bonchev–Trinajstić information content (AvgIpc) is 3.02. The molecule has 0 saturated carbocycles. The van der Waals surface area contributed by atoms with Gasteiger partial charge in [0, 0.05) is 18.9 Å². The van der Waals surface area contributed by atoms with Crippen molar-refractivity contribution in [1.82, 2.24) is 10.6 Å². The molecule has 0 bridgehead atoms. The molecule has 5 atom stereocenters. The number of hydrogen-bond donors (Lipinski definition) is 5. The first-order valence-corrected chi connectivity index (χ1v) is 14.0. The summed E-state index contributed by atoms with van der Waals surface area (Å²) in [6.07, 6.45) is -1.02. The van der Waals surface area contributed by atoms with E-state index in [1.807, 2.05) is 6.07 Å². The van der Waals surface area contributed by atoms with Gasteiger partial charge in [-0.15, -0.1) is 6.42 Å². The summed E-state index contributed by atoms with van der Waals surface area (Å²) in [4.78, 5) is 49.9. The summed E-state index contributed by atoms with van der Waals surface area (Å²) in [5.41, 5.74) is 0.161. The van der Waals surface area contributed by atoms with Crippen LogP contribution in [-0.2, 0) is 33.3 Å². The van der Waals surface area contributed by atoms with E-state index in [-0.39, 0.29) is 38.6 Å². The zero-order chi connectivity index (χ0) is 32.8. The molecule has 3 rings (SSSR count). The maximum absolute atomic E-state index is 13.0. The molecular formula is C31H36N2O12. The SMILES string of the molecule is C#CCOCCOCCO[C@]1(C(=O)O)C[C@H](O)[C@@H](NC(C)=O)[C@H]([C@H](O)C(=O)CNC(=O)c2cccc(Oc3ccccc3)c2)O1. The Balaban J connectivity index is 1.65. The zero-order valence-electron chi connectivity index (χ0n) is 24.5. The normalized spacial score (nSPS) is 21.6. The lowest BCUT2D eigenvalue weighted by molar-refractivity contribution is -0.306. The first-order valence-electron chi connectivity index (χ1n) is 14.0. The van der Waals surface area contributed by atoms with E-state index in [0.29, 0.717) is 11.5 Å². The number of amides is 2. The molecule has 2 amide bonds. The first-order chi connectivity index (χ1) is 21.6. The van der Waals surface area contributed by atoms with E-state index in [9.17, 15) is 34.5 Å². The highest BCUT2D eigenvalue weighted by Crippen LogP contribution is 2.33. The fourth-order valence-corrected chi connectivity index (χ4v) is 4.43. The van der Waals surface area contributed by atoms with Gasteiger partial charge in [-0.2, -0.15) is 0 Å². The minimum Gasteiger partial charge on any atom is -0.477 e. The highest BCUT2D eigenvalue weighted by Gasteiger charge is 2.55. The fraction of sp³-hybridized carbons (Fsp3) is 0.419. The third-order valence-corrected chi connectivity index (χ3v) is 6.53. The van der Waals surface area contributed by atoms with Gasteiger partial charge < -0.3 is 49.6 Å². The lowest BCUT2D eigenvalue weighted by Crippen LogP contribution is -2.67. The van der Waals surface area contributed by atoms with Crippen molar-refractivity contribution >= 4 is 23.6 Å². The van der Waals surface area contributed by atoms with Gasteiger partial charge in [-0.05, 0) is 30.3 Å². The number of carbonyl (C=O) groups excluding carboxylic acids is 3. The van der Waals surface area contributed by atoms with E-state index < -0.39 is 66.7 Å². The van der Waals surface area contributed by atoms with Crippen molar-refractivity contribution in [2.75, 3.05) is 39.6 Å². The van der Waals surface area contributed by atoms with Crippen LogP contribution < -0.4 is 15.4 Å². The van der Waals surface area contributed by atoms with E-state index in [2.05, 4.69) is 16.6 Å². The number of Topliss-reactive ketones (excluding diaryl/α,β-unsaturated/α-hetero) is 1. The molecule has 0 radical (unpaired) electrons. The van der Waals surface area contributed by atoms with Crippen molar-refractivity contribution in [3.63, 3.8) is 0 Å². The maximum atomic E-state index is 13.0.